The molecular formula is C20H16N4O3S. The minimum absolute atomic E-state index is 0.0289. The zero-order valence-electron chi connectivity index (χ0n) is 15.2. The van der Waals surface area contributed by atoms with E-state index in [1.54, 1.807) is 19.1 Å². The van der Waals surface area contributed by atoms with Gasteiger partial charge < -0.3 is 5.32 Å². The Labute approximate surface area is 165 Å². The largest absolute Gasteiger partial charge is 0.325 e. The number of fused-ring (bicyclic) bond motifs is 1. The highest BCUT2D eigenvalue weighted by atomic mass is 32.2. The standard InChI is InChI=1S/C20H16N4O3S/c1-12-3-5-14-8-15(10-21)20(23-18(14)7-12)28-11-19(25)22-17-9-16(24(26)27)6-4-13(17)2/h3-9H,11H2,1-2H3,(H,22,25). The van der Waals surface area contributed by atoms with Gasteiger partial charge in [-0.05, 0) is 37.1 Å². The fourth-order valence-electron chi connectivity index (χ4n) is 2.63. The Bertz CT molecular complexity index is 1140. The third-order valence-corrected chi connectivity index (χ3v) is 5.10. The van der Waals surface area contributed by atoms with Gasteiger partial charge in [-0.3, -0.25) is 14.9 Å². The second-order valence-electron chi connectivity index (χ2n) is 6.24. The first-order chi connectivity index (χ1) is 13.4. The number of thioether (sulfide) groups is 1. The summed E-state index contributed by atoms with van der Waals surface area (Å²) in [6, 6.07) is 14.0. The number of nitrogens with zero attached hydrogens (tertiary/aromatic N) is 3. The zero-order valence-corrected chi connectivity index (χ0v) is 16.0. The molecule has 2 aromatic carbocycles. The molecule has 0 bridgehead atoms. The van der Waals surface area contributed by atoms with Gasteiger partial charge in [-0.15, -0.1) is 0 Å². The molecular weight excluding hydrogens is 376 g/mol. The van der Waals surface area contributed by atoms with Gasteiger partial charge in [-0.1, -0.05) is 30.0 Å². The summed E-state index contributed by atoms with van der Waals surface area (Å²) >= 11 is 1.16. The summed E-state index contributed by atoms with van der Waals surface area (Å²) < 4.78 is 0. The average Bonchev–Trinajstić information content (AvgIpc) is 2.67. The maximum atomic E-state index is 12.3. The first kappa shape index (κ1) is 19.3. The lowest BCUT2D eigenvalue weighted by atomic mass is 10.1. The lowest BCUT2D eigenvalue weighted by Crippen LogP contribution is -2.15. The Hall–Kier alpha value is -3.44. The Morgan fingerprint density at radius 1 is 1.25 bits per heavy atom. The van der Waals surface area contributed by atoms with E-state index in [2.05, 4.69) is 16.4 Å². The number of hydrogen-bond donors (Lipinski definition) is 1. The van der Waals surface area contributed by atoms with Crippen LogP contribution in [0, 0.1) is 35.3 Å². The molecule has 0 aliphatic rings. The Morgan fingerprint density at radius 2 is 2.04 bits per heavy atom. The van der Waals surface area contributed by atoms with E-state index in [1.165, 1.54) is 12.1 Å². The molecule has 0 unspecified atom stereocenters. The summed E-state index contributed by atoms with van der Waals surface area (Å²) in [5.41, 5.74) is 3.24. The average molecular weight is 392 g/mol. The van der Waals surface area contributed by atoms with Crippen molar-refractivity contribution in [2.75, 3.05) is 11.1 Å². The highest BCUT2D eigenvalue weighted by Gasteiger charge is 2.13. The number of benzene rings is 2. The van der Waals surface area contributed by atoms with Crippen LogP contribution in [0.4, 0.5) is 11.4 Å². The predicted octanol–water partition coefficient (Wildman–Crippen LogP) is 4.36. The molecule has 0 radical (unpaired) electrons. The SMILES string of the molecule is Cc1ccc2cc(C#N)c(SCC(=O)Nc3cc([N+](=O)[O-])ccc3C)nc2c1. The molecule has 28 heavy (non-hydrogen) atoms. The zero-order chi connectivity index (χ0) is 20.3. The van der Waals surface area contributed by atoms with Gasteiger partial charge in [0.1, 0.15) is 11.1 Å². The topological polar surface area (TPSA) is 109 Å². The summed E-state index contributed by atoms with van der Waals surface area (Å²) in [6.07, 6.45) is 0. The van der Waals surface area contributed by atoms with E-state index in [9.17, 15) is 20.2 Å². The van der Waals surface area contributed by atoms with Gasteiger partial charge in [0, 0.05) is 17.5 Å². The number of carbonyl (C=O) groups is 1. The quantitative estimate of drug-likeness (QED) is 0.392. The molecule has 0 fully saturated rings. The summed E-state index contributed by atoms with van der Waals surface area (Å²) in [7, 11) is 0. The number of hydrogen-bond acceptors (Lipinski definition) is 6. The Kier molecular flexibility index (Phi) is 5.57. The van der Waals surface area contributed by atoms with E-state index >= 15 is 0 Å². The number of nitro groups is 1. The highest BCUT2D eigenvalue weighted by Crippen LogP contribution is 2.26. The Morgan fingerprint density at radius 3 is 2.75 bits per heavy atom. The number of nitro benzene ring substituents is 1. The van der Waals surface area contributed by atoms with Crippen molar-refractivity contribution in [3.63, 3.8) is 0 Å². The van der Waals surface area contributed by atoms with Crippen molar-refractivity contribution in [3.8, 4) is 6.07 Å². The third-order valence-electron chi connectivity index (χ3n) is 4.10. The smallest absolute Gasteiger partial charge is 0.271 e. The second-order valence-corrected chi connectivity index (χ2v) is 7.21. The number of aryl methyl sites for hydroxylation is 2. The van der Waals surface area contributed by atoms with Crippen molar-refractivity contribution >= 4 is 39.9 Å². The van der Waals surface area contributed by atoms with E-state index in [4.69, 9.17) is 0 Å². The fraction of sp³-hybridized carbons (Fsp3) is 0.150. The van der Waals surface area contributed by atoms with Crippen LogP contribution in [0.2, 0.25) is 0 Å². The van der Waals surface area contributed by atoms with Crippen LogP contribution in [-0.2, 0) is 4.79 Å². The van der Waals surface area contributed by atoms with Crippen LogP contribution in [0.15, 0.2) is 47.5 Å². The molecule has 1 aromatic heterocycles. The van der Waals surface area contributed by atoms with Crippen molar-refractivity contribution in [1.29, 1.82) is 5.26 Å². The number of non-ortho nitro benzene ring substituents is 1. The summed E-state index contributed by atoms with van der Waals surface area (Å²) in [5, 5.41) is 24.3. The van der Waals surface area contributed by atoms with Crippen LogP contribution in [0.25, 0.3) is 10.9 Å². The molecule has 0 aliphatic carbocycles. The number of amides is 1. The second kappa shape index (κ2) is 8.06. The molecule has 1 amide bonds. The summed E-state index contributed by atoms with van der Waals surface area (Å²) in [5.74, 6) is -0.301. The van der Waals surface area contributed by atoms with Gasteiger partial charge in [0.25, 0.3) is 5.69 Å². The van der Waals surface area contributed by atoms with E-state index in [0.717, 1.165) is 33.8 Å². The Balaban J connectivity index is 1.77. The lowest BCUT2D eigenvalue weighted by Gasteiger charge is -2.09. The molecule has 3 rings (SSSR count). The maximum absolute atomic E-state index is 12.3. The first-order valence-corrected chi connectivity index (χ1v) is 9.35. The van der Waals surface area contributed by atoms with Crippen LogP contribution in [0.5, 0.6) is 0 Å². The van der Waals surface area contributed by atoms with Gasteiger partial charge in [0.2, 0.25) is 5.91 Å². The van der Waals surface area contributed by atoms with Crippen LogP contribution < -0.4 is 5.32 Å². The molecule has 7 nitrogen and oxygen atoms in total. The van der Waals surface area contributed by atoms with Crippen molar-refractivity contribution in [3.05, 3.63) is 69.3 Å². The summed E-state index contributed by atoms with van der Waals surface area (Å²) in [6.45, 7) is 3.72. The third kappa shape index (κ3) is 4.27. The van der Waals surface area contributed by atoms with E-state index in [0.29, 0.717) is 16.3 Å². The monoisotopic (exact) mass is 392 g/mol. The molecule has 1 heterocycles. The molecule has 0 saturated carbocycles. The number of aromatic nitrogens is 1. The molecule has 0 saturated heterocycles. The number of nitriles is 1. The minimum atomic E-state index is -0.510. The number of carbonyl (C=O) groups excluding carboxylic acids is 1. The molecule has 8 heteroatoms. The number of rotatable bonds is 5. The van der Waals surface area contributed by atoms with Crippen molar-refractivity contribution < 1.29 is 9.72 Å². The van der Waals surface area contributed by atoms with E-state index in [-0.39, 0.29) is 17.3 Å². The van der Waals surface area contributed by atoms with Crippen molar-refractivity contribution in [2.24, 2.45) is 0 Å². The maximum Gasteiger partial charge on any atom is 0.271 e. The fourth-order valence-corrected chi connectivity index (χ4v) is 3.39. The van der Waals surface area contributed by atoms with Gasteiger partial charge in [0.15, 0.2) is 0 Å². The van der Waals surface area contributed by atoms with Gasteiger partial charge in [-0.25, -0.2) is 4.98 Å². The van der Waals surface area contributed by atoms with Crippen LogP contribution >= 0.6 is 11.8 Å². The normalized spacial score (nSPS) is 10.5. The molecule has 0 atom stereocenters. The van der Waals surface area contributed by atoms with Crippen LogP contribution in [0.3, 0.4) is 0 Å². The van der Waals surface area contributed by atoms with Crippen molar-refractivity contribution in [2.45, 2.75) is 18.9 Å². The number of pyridine rings is 1. The van der Waals surface area contributed by atoms with E-state index < -0.39 is 4.92 Å². The minimum Gasteiger partial charge on any atom is -0.325 e. The van der Waals surface area contributed by atoms with Gasteiger partial charge >= 0.3 is 0 Å². The van der Waals surface area contributed by atoms with Crippen molar-refractivity contribution in [1.82, 2.24) is 4.98 Å². The van der Waals surface area contributed by atoms with Gasteiger partial charge in [0.05, 0.1) is 27.4 Å². The predicted molar refractivity (Wildman–Crippen MR) is 108 cm³/mol. The molecule has 140 valence electrons. The molecule has 1 N–H and O–H groups in total. The lowest BCUT2D eigenvalue weighted by molar-refractivity contribution is -0.384. The van der Waals surface area contributed by atoms with Gasteiger partial charge in [-0.2, -0.15) is 5.26 Å². The first-order valence-electron chi connectivity index (χ1n) is 8.36. The van der Waals surface area contributed by atoms with Crippen LogP contribution in [0.1, 0.15) is 16.7 Å². The number of nitrogens with one attached hydrogen (secondary N) is 1. The highest BCUT2D eigenvalue weighted by molar-refractivity contribution is 8.00. The number of anilines is 1. The summed E-state index contributed by atoms with van der Waals surface area (Å²) in [4.78, 5) is 27.2. The molecule has 0 aliphatic heterocycles. The molecule has 0 spiro atoms. The van der Waals surface area contributed by atoms with Crippen LogP contribution in [-0.4, -0.2) is 21.6 Å². The molecule has 3 aromatic rings. The van der Waals surface area contributed by atoms with E-state index in [1.807, 2.05) is 25.1 Å².